The van der Waals surface area contributed by atoms with E-state index in [-0.39, 0.29) is 6.09 Å². The van der Waals surface area contributed by atoms with E-state index in [1.807, 2.05) is 4.90 Å². The fraction of sp³-hybridized carbons (Fsp3) is 0.667. The molecule has 1 fully saturated rings. The first kappa shape index (κ1) is 15.3. The molecule has 20 heavy (non-hydrogen) atoms. The van der Waals surface area contributed by atoms with E-state index in [0.29, 0.717) is 19.3 Å². The molecule has 1 atom stereocenters. The number of methoxy groups -OCH3 is 1. The Bertz CT molecular complexity index is 394. The number of likely N-dealkylation sites (tertiary alicyclic amines) is 1. The molecule has 1 saturated heterocycles. The van der Waals surface area contributed by atoms with Crippen molar-refractivity contribution < 1.29 is 14.3 Å². The second-order valence-electron chi connectivity index (χ2n) is 5.07. The fourth-order valence-corrected chi connectivity index (χ4v) is 3.32. The van der Waals surface area contributed by atoms with Crippen molar-refractivity contribution in [1.29, 1.82) is 0 Å². The maximum absolute atomic E-state index is 12.1. The largest absolute Gasteiger partial charge is 0.447 e. The minimum Gasteiger partial charge on any atom is -0.447 e. The van der Waals surface area contributed by atoms with Gasteiger partial charge in [0.15, 0.2) is 0 Å². The Morgan fingerprint density at radius 3 is 3.10 bits per heavy atom. The molecule has 4 nitrogen and oxygen atoms in total. The van der Waals surface area contributed by atoms with Crippen molar-refractivity contribution in [2.75, 3.05) is 26.9 Å². The Kier molecular flexibility index (Phi) is 6.33. The van der Waals surface area contributed by atoms with Crippen LogP contribution in [-0.2, 0) is 15.9 Å². The zero-order chi connectivity index (χ0) is 14.2. The molecule has 1 unspecified atom stereocenters. The predicted octanol–water partition coefficient (Wildman–Crippen LogP) is 3.32. The second kappa shape index (κ2) is 8.27. The summed E-state index contributed by atoms with van der Waals surface area (Å²) >= 11 is 1.79. The minimum absolute atomic E-state index is 0.182. The Hall–Kier alpha value is -1.07. The van der Waals surface area contributed by atoms with Crippen LogP contribution in [0.25, 0.3) is 0 Å². The fourth-order valence-electron chi connectivity index (χ4n) is 2.60. The number of carbonyl (C=O) groups excluding carboxylic acids is 1. The van der Waals surface area contributed by atoms with Gasteiger partial charge >= 0.3 is 6.09 Å². The molecule has 0 radical (unpaired) electrons. The standard InChI is InChI=1S/C15H23NO3S/c1-18-10-11-19-15(17)16-9-3-2-5-13(16)7-8-14-6-4-12-20-14/h4,6,12-13H,2-3,5,7-11H2,1H3. The molecule has 1 amide bonds. The average molecular weight is 297 g/mol. The number of hydrogen-bond acceptors (Lipinski definition) is 4. The summed E-state index contributed by atoms with van der Waals surface area (Å²) < 4.78 is 10.2. The molecule has 0 saturated carbocycles. The SMILES string of the molecule is COCCOC(=O)N1CCCCC1CCc1cccs1. The van der Waals surface area contributed by atoms with Gasteiger partial charge in [-0.1, -0.05) is 6.07 Å². The van der Waals surface area contributed by atoms with E-state index in [0.717, 1.165) is 32.2 Å². The summed E-state index contributed by atoms with van der Waals surface area (Å²) in [5.74, 6) is 0. The van der Waals surface area contributed by atoms with E-state index >= 15 is 0 Å². The monoisotopic (exact) mass is 297 g/mol. The van der Waals surface area contributed by atoms with Crippen molar-refractivity contribution in [3.63, 3.8) is 0 Å². The van der Waals surface area contributed by atoms with Crippen LogP contribution < -0.4 is 0 Å². The number of aryl methyl sites for hydroxylation is 1. The Morgan fingerprint density at radius 2 is 2.35 bits per heavy atom. The van der Waals surface area contributed by atoms with E-state index in [1.165, 1.54) is 11.3 Å². The Labute approximate surface area is 124 Å². The summed E-state index contributed by atoms with van der Waals surface area (Å²) in [5, 5.41) is 2.10. The zero-order valence-corrected chi connectivity index (χ0v) is 12.9. The van der Waals surface area contributed by atoms with Crippen LogP contribution >= 0.6 is 11.3 Å². The van der Waals surface area contributed by atoms with Gasteiger partial charge in [-0.15, -0.1) is 11.3 Å². The van der Waals surface area contributed by atoms with E-state index in [2.05, 4.69) is 17.5 Å². The van der Waals surface area contributed by atoms with Gasteiger partial charge in [-0.2, -0.15) is 0 Å². The summed E-state index contributed by atoms with van der Waals surface area (Å²) in [6.45, 7) is 1.61. The van der Waals surface area contributed by atoms with E-state index in [4.69, 9.17) is 9.47 Å². The van der Waals surface area contributed by atoms with Crippen molar-refractivity contribution in [2.45, 2.75) is 38.1 Å². The van der Waals surface area contributed by atoms with Crippen molar-refractivity contribution >= 4 is 17.4 Å². The van der Waals surface area contributed by atoms with Crippen LogP contribution in [0.15, 0.2) is 17.5 Å². The third-order valence-electron chi connectivity index (χ3n) is 3.68. The number of ether oxygens (including phenoxy) is 2. The van der Waals surface area contributed by atoms with Crippen LogP contribution in [-0.4, -0.2) is 43.9 Å². The van der Waals surface area contributed by atoms with Crippen LogP contribution in [0.1, 0.15) is 30.6 Å². The number of nitrogens with zero attached hydrogens (tertiary/aromatic N) is 1. The van der Waals surface area contributed by atoms with Gasteiger partial charge in [0.2, 0.25) is 0 Å². The molecule has 0 aromatic carbocycles. The number of carbonyl (C=O) groups is 1. The highest BCUT2D eigenvalue weighted by molar-refractivity contribution is 7.09. The van der Waals surface area contributed by atoms with Gasteiger partial charge in [0.05, 0.1) is 6.61 Å². The van der Waals surface area contributed by atoms with E-state index in [9.17, 15) is 4.79 Å². The van der Waals surface area contributed by atoms with Gasteiger partial charge in [-0.3, -0.25) is 0 Å². The van der Waals surface area contributed by atoms with Gasteiger partial charge < -0.3 is 14.4 Å². The summed E-state index contributed by atoms with van der Waals surface area (Å²) in [7, 11) is 1.61. The molecule has 1 aromatic rings. The number of piperidine rings is 1. The van der Waals surface area contributed by atoms with Crippen LogP contribution in [0.4, 0.5) is 4.79 Å². The lowest BCUT2D eigenvalue weighted by Gasteiger charge is -2.35. The van der Waals surface area contributed by atoms with Crippen LogP contribution in [0, 0.1) is 0 Å². The van der Waals surface area contributed by atoms with Gasteiger partial charge in [-0.25, -0.2) is 4.79 Å². The molecule has 112 valence electrons. The lowest BCUT2D eigenvalue weighted by molar-refractivity contribution is 0.0511. The minimum atomic E-state index is -0.182. The van der Waals surface area contributed by atoms with Crippen LogP contribution in [0.5, 0.6) is 0 Å². The molecule has 2 heterocycles. The topological polar surface area (TPSA) is 38.8 Å². The van der Waals surface area contributed by atoms with Gasteiger partial charge in [0.1, 0.15) is 6.61 Å². The predicted molar refractivity (Wildman–Crippen MR) is 80.2 cm³/mol. The number of amides is 1. The van der Waals surface area contributed by atoms with Crippen LogP contribution in [0.3, 0.4) is 0 Å². The normalized spacial score (nSPS) is 19.1. The summed E-state index contributed by atoms with van der Waals surface area (Å²) in [5.41, 5.74) is 0. The molecule has 0 aliphatic carbocycles. The molecule has 1 aliphatic rings. The zero-order valence-electron chi connectivity index (χ0n) is 12.0. The first-order valence-corrected chi connectivity index (χ1v) is 8.14. The molecule has 5 heteroatoms. The molecular formula is C15H23NO3S. The van der Waals surface area contributed by atoms with Crippen LogP contribution in [0.2, 0.25) is 0 Å². The van der Waals surface area contributed by atoms with Gasteiger partial charge in [-0.05, 0) is 43.6 Å². The highest BCUT2D eigenvalue weighted by atomic mass is 32.1. The number of rotatable bonds is 6. The average Bonchev–Trinajstić information content (AvgIpc) is 2.99. The van der Waals surface area contributed by atoms with Crippen molar-refractivity contribution in [2.24, 2.45) is 0 Å². The Balaban J connectivity index is 1.82. The first-order chi connectivity index (χ1) is 9.81. The van der Waals surface area contributed by atoms with E-state index < -0.39 is 0 Å². The molecule has 0 bridgehead atoms. The molecule has 2 rings (SSSR count). The van der Waals surface area contributed by atoms with Gasteiger partial charge in [0, 0.05) is 24.6 Å². The maximum Gasteiger partial charge on any atom is 0.410 e. The number of thiophene rings is 1. The maximum atomic E-state index is 12.1. The highest BCUT2D eigenvalue weighted by Gasteiger charge is 2.27. The lowest BCUT2D eigenvalue weighted by atomic mass is 9.98. The molecular weight excluding hydrogens is 274 g/mol. The first-order valence-electron chi connectivity index (χ1n) is 7.26. The van der Waals surface area contributed by atoms with Gasteiger partial charge in [0.25, 0.3) is 0 Å². The van der Waals surface area contributed by atoms with Crippen molar-refractivity contribution in [3.8, 4) is 0 Å². The van der Waals surface area contributed by atoms with E-state index in [1.54, 1.807) is 18.4 Å². The molecule has 1 aliphatic heterocycles. The smallest absolute Gasteiger partial charge is 0.410 e. The summed E-state index contributed by atoms with van der Waals surface area (Å²) in [6.07, 6.45) is 5.26. The second-order valence-corrected chi connectivity index (χ2v) is 6.10. The molecule has 0 N–H and O–H groups in total. The third kappa shape index (κ3) is 4.49. The third-order valence-corrected chi connectivity index (χ3v) is 4.61. The quantitative estimate of drug-likeness (QED) is 0.756. The summed E-state index contributed by atoms with van der Waals surface area (Å²) in [4.78, 5) is 15.4. The summed E-state index contributed by atoms with van der Waals surface area (Å²) in [6, 6.07) is 4.56. The van der Waals surface area contributed by atoms with Crippen molar-refractivity contribution in [3.05, 3.63) is 22.4 Å². The molecule has 0 spiro atoms. The molecule has 1 aromatic heterocycles. The lowest BCUT2D eigenvalue weighted by Crippen LogP contribution is -2.44. The Morgan fingerprint density at radius 1 is 1.45 bits per heavy atom. The highest BCUT2D eigenvalue weighted by Crippen LogP contribution is 2.23. The van der Waals surface area contributed by atoms with Crippen molar-refractivity contribution in [1.82, 2.24) is 4.90 Å². The number of hydrogen-bond donors (Lipinski definition) is 0.